The van der Waals surface area contributed by atoms with Gasteiger partial charge in [0.15, 0.2) is 0 Å². The van der Waals surface area contributed by atoms with Gasteiger partial charge in [-0.25, -0.2) is 0 Å². The van der Waals surface area contributed by atoms with Gasteiger partial charge >= 0.3 is 0 Å². The van der Waals surface area contributed by atoms with E-state index in [1.54, 1.807) is 0 Å². The first-order chi connectivity index (χ1) is 7.38. The van der Waals surface area contributed by atoms with Crippen LogP contribution in [0.2, 0.25) is 0 Å². The predicted molar refractivity (Wildman–Crippen MR) is 65.1 cm³/mol. The molecular formula is C13H26N2. The molecule has 15 heavy (non-hydrogen) atoms. The van der Waals surface area contributed by atoms with Crippen LogP contribution in [-0.4, -0.2) is 37.1 Å². The smallest absolute Gasteiger partial charge is 0.0195 e. The first-order valence-electron chi connectivity index (χ1n) is 6.84. The first kappa shape index (κ1) is 11.4. The fourth-order valence-electron chi connectivity index (χ4n) is 3.09. The van der Waals surface area contributed by atoms with Crippen LogP contribution >= 0.6 is 0 Å². The largest absolute Gasteiger partial charge is 0.313 e. The van der Waals surface area contributed by atoms with E-state index in [1.165, 1.54) is 64.7 Å². The first-order valence-corrected chi connectivity index (χ1v) is 6.84. The van der Waals surface area contributed by atoms with Crippen LogP contribution in [0.1, 0.15) is 45.4 Å². The topological polar surface area (TPSA) is 15.3 Å². The summed E-state index contributed by atoms with van der Waals surface area (Å²) in [5, 5.41) is 3.60. The SMILES string of the molecule is CCCC1CCN(CC2CCCN2)CC1. The molecule has 0 aliphatic carbocycles. The van der Waals surface area contributed by atoms with Gasteiger partial charge in [-0.05, 0) is 51.2 Å². The number of hydrogen-bond acceptors (Lipinski definition) is 2. The average molecular weight is 210 g/mol. The molecule has 1 atom stereocenters. The van der Waals surface area contributed by atoms with Crippen molar-refractivity contribution in [2.24, 2.45) is 5.92 Å². The van der Waals surface area contributed by atoms with E-state index in [9.17, 15) is 0 Å². The van der Waals surface area contributed by atoms with Gasteiger partial charge in [0, 0.05) is 12.6 Å². The lowest BCUT2D eigenvalue weighted by molar-refractivity contribution is 0.166. The Labute approximate surface area is 94.4 Å². The molecule has 2 saturated heterocycles. The fraction of sp³-hybridized carbons (Fsp3) is 1.00. The summed E-state index contributed by atoms with van der Waals surface area (Å²) in [6, 6.07) is 0.799. The normalized spacial score (nSPS) is 29.8. The van der Waals surface area contributed by atoms with E-state index in [2.05, 4.69) is 17.1 Å². The van der Waals surface area contributed by atoms with Crippen molar-refractivity contribution in [3.05, 3.63) is 0 Å². The summed E-state index contributed by atoms with van der Waals surface area (Å²) >= 11 is 0. The van der Waals surface area contributed by atoms with Gasteiger partial charge in [0.1, 0.15) is 0 Å². The van der Waals surface area contributed by atoms with Crippen LogP contribution in [-0.2, 0) is 0 Å². The summed E-state index contributed by atoms with van der Waals surface area (Å²) in [4.78, 5) is 2.68. The maximum absolute atomic E-state index is 3.60. The van der Waals surface area contributed by atoms with Gasteiger partial charge in [0.25, 0.3) is 0 Å². The Balaban J connectivity index is 1.64. The zero-order chi connectivity index (χ0) is 10.5. The van der Waals surface area contributed by atoms with Gasteiger partial charge in [0.05, 0.1) is 0 Å². The standard InChI is InChI=1S/C13H26N2/c1-2-4-12-6-9-15(10-7-12)11-13-5-3-8-14-13/h12-14H,2-11H2,1H3. The molecule has 0 saturated carbocycles. The van der Waals surface area contributed by atoms with Gasteiger partial charge in [-0.3, -0.25) is 0 Å². The molecule has 2 fully saturated rings. The van der Waals surface area contributed by atoms with E-state index in [-0.39, 0.29) is 0 Å². The lowest BCUT2D eigenvalue weighted by Crippen LogP contribution is -2.41. The van der Waals surface area contributed by atoms with Crippen molar-refractivity contribution < 1.29 is 0 Å². The number of nitrogens with zero attached hydrogens (tertiary/aromatic N) is 1. The summed E-state index contributed by atoms with van der Waals surface area (Å²) in [5.41, 5.74) is 0. The molecule has 88 valence electrons. The van der Waals surface area contributed by atoms with Crippen LogP contribution < -0.4 is 5.32 Å². The van der Waals surface area contributed by atoms with Gasteiger partial charge in [0.2, 0.25) is 0 Å². The number of hydrogen-bond donors (Lipinski definition) is 1. The zero-order valence-corrected chi connectivity index (χ0v) is 10.2. The van der Waals surface area contributed by atoms with Crippen LogP contribution in [0.15, 0.2) is 0 Å². The minimum absolute atomic E-state index is 0.799. The van der Waals surface area contributed by atoms with E-state index in [0.29, 0.717) is 0 Å². The molecule has 2 rings (SSSR count). The number of piperidine rings is 1. The van der Waals surface area contributed by atoms with Crippen molar-refractivity contribution in [1.29, 1.82) is 0 Å². The van der Waals surface area contributed by atoms with Crippen molar-refractivity contribution in [3.8, 4) is 0 Å². The van der Waals surface area contributed by atoms with E-state index in [0.717, 1.165) is 12.0 Å². The van der Waals surface area contributed by atoms with Crippen LogP contribution in [0, 0.1) is 5.92 Å². The number of likely N-dealkylation sites (tertiary alicyclic amines) is 1. The highest BCUT2D eigenvalue weighted by Crippen LogP contribution is 2.22. The van der Waals surface area contributed by atoms with E-state index >= 15 is 0 Å². The molecule has 2 heterocycles. The monoisotopic (exact) mass is 210 g/mol. The molecule has 1 N–H and O–H groups in total. The van der Waals surface area contributed by atoms with Crippen molar-refractivity contribution in [2.75, 3.05) is 26.2 Å². The number of rotatable bonds is 4. The highest BCUT2D eigenvalue weighted by molar-refractivity contribution is 4.80. The van der Waals surface area contributed by atoms with Crippen molar-refractivity contribution in [2.45, 2.75) is 51.5 Å². The maximum atomic E-state index is 3.60. The minimum Gasteiger partial charge on any atom is -0.313 e. The van der Waals surface area contributed by atoms with Gasteiger partial charge in [-0.2, -0.15) is 0 Å². The Hall–Kier alpha value is -0.0800. The molecule has 1 unspecified atom stereocenters. The molecule has 2 aliphatic rings. The molecular weight excluding hydrogens is 184 g/mol. The lowest BCUT2D eigenvalue weighted by atomic mass is 9.92. The second kappa shape index (κ2) is 5.86. The number of nitrogens with one attached hydrogen (secondary N) is 1. The molecule has 0 aromatic heterocycles. The molecule has 0 spiro atoms. The lowest BCUT2D eigenvalue weighted by Gasteiger charge is -2.33. The molecule has 0 aromatic rings. The Morgan fingerprint density at radius 2 is 2.00 bits per heavy atom. The van der Waals surface area contributed by atoms with E-state index < -0.39 is 0 Å². The molecule has 0 amide bonds. The van der Waals surface area contributed by atoms with Crippen molar-refractivity contribution in [3.63, 3.8) is 0 Å². The summed E-state index contributed by atoms with van der Waals surface area (Å²) in [7, 11) is 0. The highest BCUT2D eigenvalue weighted by atomic mass is 15.2. The molecule has 2 heteroatoms. The molecule has 2 nitrogen and oxygen atoms in total. The summed E-state index contributed by atoms with van der Waals surface area (Å²) < 4.78 is 0. The second-order valence-electron chi connectivity index (χ2n) is 5.33. The summed E-state index contributed by atoms with van der Waals surface area (Å²) in [6.07, 6.45) is 8.50. The van der Waals surface area contributed by atoms with Gasteiger partial charge < -0.3 is 10.2 Å². The Kier molecular flexibility index (Phi) is 4.45. The third-order valence-corrected chi connectivity index (χ3v) is 4.05. The molecule has 2 aliphatic heterocycles. The Morgan fingerprint density at radius 3 is 2.60 bits per heavy atom. The van der Waals surface area contributed by atoms with Crippen LogP contribution in [0.25, 0.3) is 0 Å². The van der Waals surface area contributed by atoms with E-state index in [4.69, 9.17) is 0 Å². The maximum Gasteiger partial charge on any atom is 0.0195 e. The summed E-state index contributed by atoms with van der Waals surface area (Å²) in [6.45, 7) is 7.57. The third kappa shape index (κ3) is 3.46. The van der Waals surface area contributed by atoms with Crippen LogP contribution in [0.5, 0.6) is 0 Å². The van der Waals surface area contributed by atoms with Crippen molar-refractivity contribution >= 4 is 0 Å². The predicted octanol–water partition coefficient (Wildman–Crippen LogP) is 2.25. The third-order valence-electron chi connectivity index (χ3n) is 4.05. The van der Waals surface area contributed by atoms with Gasteiger partial charge in [-0.1, -0.05) is 19.8 Å². The average Bonchev–Trinajstić information content (AvgIpc) is 2.74. The van der Waals surface area contributed by atoms with Crippen molar-refractivity contribution in [1.82, 2.24) is 10.2 Å². The molecule has 0 aromatic carbocycles. The quantitative estimate of drug-likeness (QED) is 0.765. The fourth-order valence-corrected chi connectivity index (χ4v) is 3.09. The minimum atomic E-state index is 0.799. The zero-order valence-electron chi connectivity index (χ0n) is 10.2. The van der Waals surface area contributed by atoms with Crippen LogP contribution in [0.3, 0.4) is 0 Å². The van der Waals surface area contributed by atoms with Crippen LogP contribution in [0.4, 0.5) is 0 Å². The Bertz CT molecular complexity index is 167. The van der Waals surface area contributed by atoms with E-state index in [1.807, 2.05) is 0 Å². The molecule has 0 radical (unpaired) electrons. The Morgan fingerprint density at radius 1 is 1.20 bits per heavy atom. The highest BCUT2D eigenvalue weighted by Gasteiger charge is 2.22. The summed E-state index contributed by atoms with van der Waals surface area (Å²) in [5.74, 6) is 1.03. The van der Waals surface area contributed by atoms with Gasteiger partial charge in [-0.15, -0.1) is 0 Å². The second-order valence-corrected chi connectivity index (χ2v) is 5.33. The molecule has 0 bridgehead atoms.